The van der Waals surface area contributed by atoms with Crippen molar-refractivity contribution in [3.8, 4) is 0 Å². The number of aromatic nitrogens is 4. The molecule has 0 fully saturated rings. The van der Waals surface area contributed by atoms with E-state index >= 15 is 0 Å². The number of rotatable bonds is 4. The van der Waals surface area contributed by atoms with Gasteiger partial charge >= 0.3 is 0 Å². The van der Waals surface area contributed by atoms with Gasteiger partial charge < -0.3 is 0 Å². The van der Waals surface area contributed by atoms with Gasteiger partial charge in [-0.1, -0.05) is 6.07 Å². The lowest BCUT2D eigenvalue weighted by Gasteiger charge is -2.12. The van der Waals surface area contributed by atoms with Gasteiger partial charge in [0.1, 0.15) is 12.2 Å². The van der Waals surface area contributed by atoms with E-state index in [0.717, 1.165) is 17.8 Å². The Balaban J connectivity index is 2.10. The molecule has 2 heterocycles. The lowest BCUT2D eigenvalue weighted by Crippen LogP contribution is -2.30. The highest BCUT2D eigenvalue weighted by molar-refractivity contribution is 5.12. The molecule has 0 aliphatic heterocycles. The average Bonchev–Trinajstić information content (AvgIpc) is 2.81. The van der Waals surface area contributed by atoms with Crippen molar-refractivity contribution in [3.05, 3.63) is 42.2 Å². The molecular weight excluding hydrogens is 192 g/mol. The van der Waals surface area contributed by atoms with Gasteiger partial charge in [-0.15, -0.1) is 0 Å². The Labute approximate surface area is 86.9 Å². The Hall–Kier alpha value is -1.79. The van der Waals surface area contributed by atoms with Gasteiger partial charge in [-0.05, 0) is 18.1 Å². The average molecular weight is 204 g/mol. The summed E-state index contributed by atoms with van der Waals surface area (Å²) in [5, 5.41) is 6.57. The van der Waals surface area contributed by atoms with Gasteiger partial charge in [0.25, 0.3) is 0 Å². The fourth-order valence-corrected chi connectivity index (χ4v) is 1.37. The fourth-order valence-electron chi connectivity index (χ4n) is 1.37. The summed E-state index contributed by atoms with van der Waals surface area (Å²) >= 11 is 0. The third-order valence-electron chi connectivity index (χ3n) is 2.13. The maximum Gasteiger partial charge on any atom is 0.143 e. The molecule has 2 aromatic rings. The molecule has 1 unspecified atom stereocenters. The van der Waals surface area contributed by atoms with Crippen LogP contribution in [0.25, 0.3) is 0 Å². The molecule has 6 nitrogen and oxygen atoms in total. The number of aromatic amines is 1. The highest BCUT2D eigenvalue weighted by Gasteiger charge is 2.12. The smallest absolute Gasteiger partial charge is 0.143 e. The van der Waals surface area contributed by atoms with Gasteiger partial charge in [0, 0.05) is 12.4 Å². The molecule has 0 aliphatic carbocycles. The molecule has 6 heteroatoms. The Morgan fingerprint density at radius 1 is 1.53 bits per heavy atom. The van der Waals surface area contributed by atoms with Crippen LogP contribution in [0.5, 0.6) is 0 Å². The SMILES string of the molecule is NNC(Cc1cccnc1)c1ncn[nH]1. The summed E-state index contributed by atoms with van der Waals surface area (Å²) in [6.45, 7) is 0. The summed E-state index contributed by atoms with van der Waals surface area (Å²) in [4.78, 5) is 8.09. The van der Waals surface area contributed by atoms with Crippen molar-refractivity contribution < 1.29 is 0 Å². The van der Waals surface area contributed by atoms with Crippen LogP contribution in [0.3, 0.4) is 0 Å². The van der Waals surface area contributed by atoms with E-state index in [1.165, 1.54) is 6.33 Å². The number of nitrogens with two attached hydrogens (primary N) is 1. The summed E-state index contributed by atoms with van der Waals surface area (Å²) < 4.78 is 0. The van der Waals surface area contributed by atoms with Crippen LogP contribution in [0.1, 0.15) is 17.4 Å². The zero-order valence-electron chi connectivity index (χ0n) is 8.09. The first-order valence-corrected chi connectivity index (χ1v) is 4.60. The van der Waals surface area contributed by atoms with Crippen LogP contribution in [-0.4, -0.2) is 20.2 Å². The summed E-state index contributed by atoms with van der Waals surface area (Å²) in [5.74, 6) is 6.18. The normalized spacial score (nSPS) is 12.6. The minimum absolute atomic E-state index is 0.0725. The molecule has 0 aromatic carbocycles. The molecule has 1 atom stereocenters. The first-order valence-electron chi connectivity index (χ1n) is 4.60. The van der Waals surface area contributed by atoms with Crippen molar-refractivity contribution in [1.29, 1.82) is 0 Å². The van der Waals surface area contributed by atoms with Gasteiger partial charge in [-0.2, -0.15) is 5.10 Å². The van der Waals surface area contributed by atoms with Gasteiger partial charge in [0.2, 0.25) is 0 Å². The van der Waals surface area contributed by atoms with E-state index in [4.69, 9.17) is 5.84 Å². The predicted octanol–water partition coefficient (Wildman–Crippen LogP) is -0.0532. The predicted molar refractivity (Wildman–Crippen MR) is 54.4 cm³/mol. The number of nitrogens with one attached hydrogen (secondary N) is 2. The van der Waals surface area contributed by atoms with Gasteiger partial charge in [-0.3, -0.25) is 15.9 Å². The molecule has 0 amide bonds. The molecule has 0 saturated carbocycles. The van der Waals surface area contributed by atoms with Gasteiger partial charge in [0.15, 0.2) is 0 Å². The maximum atomic E-state index is 5.45. The number of hydrogen-bond acceptors (Lipinski definition) is 5. The molecule has 0 bridgehead atoms. The molecule has 2 rings (SSSR count). The van der Waals surface area contributed by atoms with Crippen molar-refractivity contribution in [3.63, 3.8) is 0 Å². The Bertz CT molecular complexity index is 384. The minimum Gasteiger partial charge on any atom is -0.271 e. The van der Waals surface area contributed by atoms with Crippen molar-refractivity contribution in [2.75, 3.05) is 0 Å². The van der Waals surface area contributed by atoms with Gasteiger partial charge in [0.05, 0.1) is 6.04 Å². The van der Waals surface area contributed by atoms with Crippen LogP contribution in [0.4, 0.5) is 0 Å². The molecular formula is C9H12N6. The standard InChI is InChI=1S/C9H12N6/c10-14-8(9-12-6-13-15-9)4-7-2-1-3-11-5-7/h1-3,5-6,8,14H,4,10H2,(H,12,13,15). The zero-order valence-corrected chi connectivity index (χ0v) is 8.09. The maximum absolute atomic E-state index is 5.45. The Kier molecular flexibility index (Phi) is 3.01. The van der Waals surface area contributed by atoms with Crippen molar-refractivity contribution in [2.45, 2.75) is 12.5 Å². The van der Waals surface area contributed by atoms with E-state index in [9.17, 15) is 0 Å². The highest BCUT2D eigenvalue weighted by Crippen LogP contribution is 2.12. The van der Waals surface area contributed by atoms with Crippen LogP contribution in [0.2, 0.25) is 0 Å². The van der Waals surface area contributed by atoms with Crippen LogP contribution in [0.15, 0.2) is 30.9 Å². The monoisotopic (exact) mass is 204 g/mol. The number of nitrogens with zero attached hydrogens (tertiary/aromatic N) is 3. The zero-order chi connectivity index (χ0) is 10.5. The topological polar surface area (TPSA) is 92.5 Å². The second-order valence-corrected chi connectivity index (χ2v) is 3.16. The highest BCUT2D eigenvalue weighted by atomic mass is 15.3. The quantitative estimate of drug-likeness (QED) is 0.479. The van der Waals surface area contributed by atoms with Crippen LogP contribution in [-0.2, 0) is 6.42 Å². The Morgan fingerprint density at radius 2 is 2.47 bits per heavy atom. The lowest BCUT2D eigenvalue weighted by molar-refractivity contribution is 0.524. The van der Waals surface area contributed by atoms with E-state index in [1.54, 1.807) is 12.4 Å². The molecule has 0 saturated heterocycles. The van der Waals surface area contributed by atoms with E-state index in [0.29, 0.717) is 0 Å². The van der Waals surface area contributed by atoms with Crippen LogP contribution < -0.4 is 11.3 Å². The number of H-pyrrole nitrogens is 1. The van der Waals surface area contributed by atoms with Crippen molar-refractivity contribution >= 4 is 0 Å². The van der Waals surface area contributed by atoms with E-state index in [-0.39, 0.29) is 6.04 Å². The Morgan fingerprint density at radius 3 is 3.07 bits per heavy atom. The second-order valence-electron chi connectivity index (χ2n) is 3.16. The second kappa shape index (κ2) is 4.63. The van der Waals surface area contributed by atoms with E-state index in [1.807, 2.05) is 12.1 Å². The summed E-state index contributed by atoms with van der Waals surface area (Å²) in [5.41, 5.74) is 3.79. The van der Waals surface area contributed by atoms with E-state index in [2.05, 4.69) is 25.6 Å². The summed E-state index contributed by atoms with van der Waals surface area (Å²) in [6, 6.07) is 3.81. The van der Waals surface area contributed by atoms with Gasteiger partial charge in [-0.25, -0.2) is 10.4 Å². The first-order chi connectivity index (χ1) is 7.40. The number of pyridine rings is 1. The fraction of sp³-hybridized carbons (Fsp3) is 0.222. The van der Waals surface area contributed by atoms with Crippen molar-refractivity contribution in [2.24, 2.45) is 5.84 Å². The molecule has 0 radical (unpaired) electrons. The molecule has 0 spiro atoms. The largest absolute Gasteiger partial charge is 0.271 e. The van der Waals surface area contributed by atoms with Crippen LogP contribution >= 0.6 is 0 Å². The molecule has 78 valence electrons. The third kappa shape index (κ3) is 2.36. The number of hydrazine groups is 1. The molecule has 15 heavy (non-hydrogen) atoms. The summed E-state index contributed by atoms with van der Waals surface area (Å²) in [6.07, 6.45) is 5.73. The first kappa shape index (κ1) is 9.75. The minimum atomic E-state index is -0.0725. The molecule has 2 aromatic heterocycles. The molecule has 4 N–H and O–H groups in total. The third-order valence-corrected chi connectivity index (χ3v) is 2.13. The molecule has 0 aliphatic rings. The van der Waals surface area contributed by atoms with Crippen molar-refractivity contribution in [1.82, 2.24) is 25.6 Å². The summed E-state index contributed by atoms with van der Waals surface area (Å²) in [7, 11) is 0. The van der Waals surface area contributed by atoms with Crippen LogP contribution in [0, 0.1) is 0 Å². The lowest BCUT2D eigenvalue weighted by atomic mass is 10.1. The number of hydrogen-bond donors (Lipinski definition) is 3. The van der Waals surface area contributed by atoms with E-state index < -0.39 is 0 Å².